The predicted octanol–water partition coefficient (Wildman–Crippen LogP) is 5.48. The van der Waals surface area contributed by atoms with Crippen molar-refractivity contribution >= 4 is 11.6 Å². The minimum atomic E-state index is -4.44. The van der Waals surface area contributed by atoms with Crippen molar-refractivity contribution in [3.05, 3.63) is 59.9 Å². The lowest BCUT2D eigenvalue weighted by molar-refractivity contribution is -0.137. The summed E-state index contributed by atoms with van der Waals surface area (Å²) in [6, 6.07) is 12.0. The SMILES string of the molecule is CC(C)Oc1ccc(-n2nc(CCl)nc2-c2cccc(C(F)(F)F)c2)cc1. The molecule has 0 radical (unpaired) electrons. The number of ether oxygens (including phenoxy) is 1. The van der Waals surface area contributed by atoms with Gasteiger partial charge in [0.05, 0.1) is 23.2 Å². The van der Waals surface area contributed by atoms with Crippen LogP contribution in [0.2, 0.25) is 0 Å². The topological polar surface area (TPSA) is 39.9 Å². The van der Waals surface area contributed by atoms with E-state index in [0.717, 1.165) is 12.1 Å². The van der Waals surface area contributed by atoms with Crippen molar-refractivity contribution in [3.63, 3.8) is 0 Å². The van der Waals surface area contributed by atoms with Gasteiger partial charge in [-0.3, -0.25) is 0 Å². The van der Waals surface area contributed by atoms with Gasteiger partial charge >= 0.3 is 6.18 Å². The van der Waals surface area contributed by atoms with Crippen molar-refractivity contribution < 1.29 is 17.9 Å². The Bertz CT molecular complexity index is 921. The van der Waals surface area contributed by atoms with Crippen LogP contribution in [0.4, 0.5) is 13.2 Å². The summed E-state index contributed by atoms with van der Waals surface area (Å²) in [7, 11) is 0. The van der Waals surface area contributed by atoms with E-state index in [-0.39, 0.29) is 17.8 Å². The second-order valence-corrected chi connectivity index (χ2v) is 6.40. The van der Waals surface area contributed by atoms with Crippen molar-refractivity contribution in [2.75, 3.05) is 0 Å². The van der Waals surface area contributed by atoms with E-state index in [1.807, 2.05) is 13.8 Å². The summed E-state index contributed by atoms with van der Waals surface area (Å²) in [5.41, 5.74) is 0.196. The Labute approximate surface area is 159 Å². The zero-order valence-corrected chi connectivity index (χ0v) is 15.4. The molecule has 27 heavy (non-hydrogen) atoms. The molecule has 0 aliphatic rings. The fraction of sp³-hybridized carbons (Fsp3) is 0.263. The summed E-state index contributed by atoms with van der Waals surface area (Å²) in [6.07, 6.45) is -4.41. The van der Waals surface area contributed by atoms with Crippen LogP contribution < -0.4 is 4.74 Å². The molecule has 4 nitrogen and oxygen atoms in total. The highest BCUT2D eigenvalue weighted by atomic mass is 35.5. The van der Waals surface area contributed by atoms with Gasteiger partial charge in [-0.25, -0.2) is 9.67 Å². The molecule has 0 spiro atoms. The Morgan fingerprint density at radius 2 is 1.81 bits per heavy atom. The number of benzene rings is 2. The minimum Gasteiger partial charge on any atom is -0.491 e. The molecule has 0 saturated heterocycles. The molecule has 1 aromatic heterocycles. The molecule has 0 fully saturated rings. The summed E-state index contributed by atoms with van der Waals surface area (Å²) in [4.78, 5) is 4.29. The molecule has 0 aliphatic carbocycles. The largest absolute Gasteiger partial charge is 0.491 e. The van der Waals surface area contributed by atoms with Crippen LogP contribution in [0, 0.1) is 0 Å². The highest BCUT2D eigenvalue weighted by Gasteiger charge is 2.31. The smallest absolute Gasteiger partial charge is 0.416 e. The van der Waals surface area contributed by atoms with Gasteiger partial charge in [-0.2, -0.15) is 13.2 Å². The lowest BCUT2D eigenvalue weighted by Gasteiger charge is -2.12. The fourth-order valence-corrected chi connectivity index (χ4v) is 2.66. The maximum atomic E-state index is 13.0. The van der Waals surface area contributed by atoms with Gasteiger partial charge in [-0.05, 0) is 50.2 Å². The van der Waals surface area contributed by atoms with E-state index in [9.17, 15) is 13.2 Å². The third kappa shape index (κ3) is 4.42. The van der Waals surface area contributed by atoms with Crippen molar-refractivity contribution in [3.8, 4) is 22.8 Å². The number of alkyl halides is 4. The molecule has 0 aliphatic heterocycles. The van der Waals surface area contributed by atoms with Gasteiger partial charge in [0.25, 0.3) is 0 Å². The Kier molecular flexibility index (Phi) is 5.41. The monoisotopic (exact) mass is 395 g/mol. The van der Waals surface area contributed by atoms with Gasteiger partial charge in [-0.15, -0.1) is 16.7 Å². The molecule has 1 heterocycles. The van der Waals surface area contributed by atoms with Gasteiger partial charge in [0.2, 0.25) is 0 Å². The zero-order chi connectivity index (χ0) is 19.6. The van der Waals surface area contributed by atoms with E-state index in [2.05, 4.69) is 10.1 Å². The van der Waals surface area contributed by atoms with E-state index in [0.29, 0.717) is 22.8 Å². The normalized spacial score (nSPS) is 11.8. The molecule has 3 aromatic rings. The predicted molar refractivity (Wildman–Crippen MR) is 97.1 cm³/mol. The Morgan fingerprint density at radius 1 is 1.11 bits per heavy atom. The van der Waals surface area contributed by atoms with Crippen LogP contribution in [0.15, 0.2) is 48.5 Å². The number of rotatable bonds is 5. The fourth-order valence-electron chi connectivity index (χ4n) is 2.55. The number of nitrogens with zero attached hydrogens (tertiary/aromatic N) is 3. The van der Waals surface area contributed by atoms with Gasteiger partial charge in [0.15, 0.2) is 11.6 Å². The highest BCUT2D eigenvalue weighted by molar-refractivity contribution is 6.16. The summed E-state index contributed by atoms with van der Waals surface area (Å²) in [6.45, 7) is 3.84. The second-order valence-electron chi connectivity index (χ2n) is 6.14. The molecule has 0 bridgehead atoms. The lowest BCUT2D eigenvalue weighted by atomic mass is 10.1. The number of hydrogen-bond donors (Lipinski definition) is 0. The molecular formula is C19H17ClF3N3O. The average Bonchev–Trinajstić information content (AvgIpc) is 3.06. The quantitative estimate of drug-likeness (QED) is 0.537. The van der Waals surface area contributed by atoms with Crippen LogP contribution in [0.1, 0.15) is 25.2 Å². The molecule has 0 amide bonds. The Morgan fingerprint density at radius 3 is 2.41 bits per heavy atom. The van der Waals surface area contributed by atoms with E-state index < -0.39 is 11.7 Å². The van der Waals surface area contributed by atoms with Crippen LogP contribution in [-0.4, -0.2) is 20.9 Å². The van der Waals surface area contributed by atoms with Gasteiger partial charge in [0.1, 0.15) is 5.75 Å². The van der Waals surface area contributed by atoms with Crippen molar-refractivity contribution in [1.82, 2.24) is 14.8 Å². The first kappa shape index (κ1) is 19.2. The summed E-state index contributed by atoms with van der Waals surface area (Å²) in [5.74, 6) is 1.35. The van der Waals surface area contributed by atoms with Gasteiger partial charge in [0, 0.05) is 5.56 Å². The third-order valence-electron chi connectivity index (χ3n) is 3.67. The minimum absolute atomic E-state index is 0.0331. The Hall–Kier alpha value is -2.54. The number of halogens is 4. The van der Waals surface area contributed by atoms with E-state index in [4.69, 9.17) is 16.3 Å². The number of hydrogen-bond acceptors (Lipinski definition) is 3. The maximum absolute atomic E-state index is 13.0. The highest BCUT2D eigenvalue weighted by Crippen LogP contribution is 2.32. The standard InChI is InChI=1S/C19H17ClF3N3O/c1-12(2)27-16-8-6-15(7-9-16)26-18(24-17(11-20)25-26)13-4-3-5-14(10-13)19(21,22)23/h3-10,12H,11H2,1-2H3. The summed E-state index contributed by atoms with van der Waals surface area (Å²) < 4.78 is 46.2. The maximum Gasteiger partial charge on any atom is 0.416 e. The molecule has 0 saturated carbocycles. The molecule has 0 atom stereocenters. The van der Waals surface area contributed by atoms with Gasteiger partial charge < -0.3 is 4.74 Å². The number of aromatic nitrogens is 3. The van der Waals surface area contributed by atoms with E-state index in [1.54, 1.807) is 30.3 Å². The summed E-state index contributed by atoms with van der Waals surface area (Å²) >= 11 is 5.84. The van der Waals surface area contributed by atoms with E-state index >= 15 is 0 Å². The Balaban J connectivity index is 2.04. The second kappa shape index (κ2) is 7.60. The molecular weight excluding hydrogens is 379 g/mol. The molecule has 0 unspecified atom stereocenters. The van der Waals surface area contributed by atoms with Crippen molar-refractivity contribution in [2.45, 2.75) is 32.0 Å². The first-order chi connectivity index (χ1) is 12.8. The van der Waals surface area contributed by atoms with Crippen LogP contribution in [-0.2, 0) is 12.1 Å². The first-order valence-corrected chi connectivity index (χ1v) is 8.78. The van der Waals surface area contributed by atoms with Crippen molar-refractivity contribution in [1.29, 1.82) is 0 Å². The summed E-state index contributed by atoms with van der Waals surface area (Å²) in [5, 5.41) is 4.31. The van der Waals surface area contributed by atoms with Gasteiger partial charge in [-0.1, -0.05) is 12.1 Å². The van der Waals surface area contributed by atoms with Crippen LogP contribution in [0.3, 0.4) is 0 Å². The average molecular weight is 396 g/mol. The van der Waals surface area contributed by atoms with Crippen molar-refractivity contribution in [2.24, 2.45) is 0 Å². The van der Waals surface area contributed by atoms with Crippen LogP contribution >= 0.6 is 11.6 Å². The van der Waals surface area contributed by atoms with Crippen LogP contribution in [0.5, 0.6) is 5.75 Å². The molecule has 8 heteroatoms. The zero-order valence-electron chi connectivity index (χ0n) is 14.7. The molecule has 2 aromatic carbocycles. The third-order valence-corrected chi connectivity index (χ3v) is 3.91. The van der Waals surface area contributed by atoms with E-state index in [1.165, 1.54) is 10.7 Å². The lowest BCUT2D eigenvalue weighted by Crippen LogP contribution is -2.06. The van der Waals surface area contributed by atoms with Crippen LogP contribution in [0.25, 0.3) is 17.1 Å². The molecule has 142 valence electrons. The first-order valence-electron chi connectivity index (χ1n) is 8.24. The molecule has 3 rings (SSSR count). The molecule has 0 N–H and O–H groups in total.